The summed E-state index contributed by atoms with van der Waals surface area (Å²) < 4.78 is 19.3. The molecule has 2 atom stereocenters. The van der Waals surface area contributed by atoms with E-state index in [1.807, 2.05) is 38.1 Å². The van der Waals surface area contributed by atoms with Crippen molar-refractivity contribution in [1.82, 2.24) is 15.2 Å². The molecule has 158 valence electrons. The summed E-state index contributed by atoms with van der Waals surface area (Å²) in [6.45, 7) is 6.96. The summed E-state index contributed by atoms with van der Waals surface area (Å²) in [6.07, 6.45) is 2.23. The Bertz CT molecular complexity index is 958. The number of hydrogen-bond donors (Lipinski definition) is 1. The van der Waals surface area contributed by atoms with Crippen molar-refractivity contribution >= 4 is 5.91 Å². The maximum Gasteiger partial charge on any atom is 0.273 e. The van der Waals surface area contributed by atoms with Gasteiger partial charge >= 0.3 is 0 Å². The van der Waals surface area contributed by atoms with Gasteiger partial charge in [-0.15, -0.1) is 0 Å². The molecule has 0 radical (unpaired) electrons. The van der Waals surface area contributed by atoms with Gasteiger partial charge in [-0.25, -0.2) is 9.37 Å². The highest BCUT2D eigenvalue weighted by Gasteiger charge is 2.21. The summed E-state index contributed by atoms with van der Waals surface area (Å²) in [6, 6.07) is 16.8. The molecular formula is C24H28FN3O2. The molecule has 1 N–H and O–H groups in total. The Labute approximate surface area is 176 Å². The van der Waals surface area contributed by atoms with Gasteiger partial charge in [0.05, 0.1) is 6.54 Å². The van der Waals surface area contributed by atoms with E-state index in [1.165, 1.54) is 18.4 Å². The van der Waals surface area contributed by atoms with E-state index in [0.717, 1.165) is 17.5 Å². The van der Waals surface area contributed by atoms with Gasteiger partial charge in [0.2, 0.25) is 5.89 Å². The first kappa shape index (κ1) is 21.7. The summed E-state index contributed by atoms with van der Waals surface area (Å²) in [5.74, 6) is -0.0597. The second-order valence-electron chi connectivity index (χ2n) is 7.53. The average Bonchev–Trinajstić information content (AvgIpc) is 3.22. The molecule has 0 aliphatic rings. The first-order valence-corrected chi connectivity index (χ1v) is 10.2. The zero-order valence-corrected chi connectivity index (χ0v) is 17.6. The van der Waals surface area contributed by atoms with Crippen molar-refractivity contribution in [3.05, 3.63) is 89.4 Å². The Hall–Kier alpha value is -2.99. The fourth-order valence-electron chi connectivity index (χ4n) is 3.20. The number of nitrogens with one attached hydrogen (secondary N) is 1. The molecule has 3 aromatic rings. The smallest absolute Gasteiger partial charge is 0.273 e. The van der Waals surface area contributed by atoms with E-state index in [-0.39, 0.29) is 29.5 Å². The molecule has 6 heteroatoms. The number of benzene rings is 2. The van der Waals surface area contributed by atoms with Crippen LogP contribution in [0.25, 0.3) is 0 Å². The summed E-state index contributed by atoms with van der Waals surface area (Å²) in [7, 11) is 0. The number of amides is 1. The average molecular weight is 410 g/mol. The maximum atomic E-state index is 13.7. The lowest BCUT2D eigenvalue weighted by atomic mass is 10.1. The summed E-state index contributed by atoms with van der Waals surface area (Å²) in [5.41, 5.74) is 2.26. The van der Waals surface area contributed by atoms with Crippen LogP contribution in [0.3, 0.4) is 0 Å². The van der Waals surface area contributed by atoms with Gasteiger partial charge in [-0.2, -0.15) is 0 Å². The van der Waals surface area contributed by atoms with Crippen LogP contribution in [0.5, 0.6) is 0 Å². The molecule has 1 amide bonds. The molecule has 1 heterocycles. The predicted octanol–water partition coefficient (Wildman–Crippen LogP) is 5.11. The molecule has 5 nitrogen and oxygen atoms in total. The predicted molar refractivity (Wildman–Crippen MR) is 114 cm³/mol. The van der Waals surface area contributed by atoms with Crippen LogP contribution in [0.2, 0.25) is 0 Å². The second kappa shape index (κ2) is 10.2. The molecule has 30 heavy (non-hydrogen) atoms. The van der Waals surface area contributed by atoms with Crippen LogP contribution in [0.1, 0.15) is 60.7 Å². The Morgan fingerprint density at radius 2 is 1.90 bits per heavy atom. The normalized spacial score (nSPS) is 13.2. The molecule has 1 aromatic heterocycles. The number of carbonyl (C=O) groups excluding carboxylic acids is 1. The van der Waals surface area contributed by atoms with Gasteiger partial charge in [0.25, 0.3) is 5.91 Å². The van der Waals surface area contributed by atoms with Crippen LogP contribution in [0, 0.1) is 5.82 Å². The van der Waals surface area contributed by atoms with Crippen molar-refractivity contribution < 1.29 is 13.6 Å². The topological polar surface area (TPSA) is 58.4 Å². The van der Waals surface area contributed by atoms with Gasteiger partial charge in [-0.1, -0.05) is 49.4 Å². The summed E-state index contributed by atoms with van der Waals surface area (Å²) in [5, 5.41) is 2.89. The van der Waals surface area contributed by atoms with Crippen LogP contribution in [-0.2, 0) is 13.1 Å². The van der Waals surface area contributed by atoms with Crippen LogP contribution in [-0.4, -0.2) is 21.8 Å². The van der Waals surface area contributed by atoms with Crippen molar-refractivity contribution in [2.75, 3.05) is 0 Å². The van der Waals surface area contributed by atoms with Crippen molar-refractivity contribution in [2.45, 2.75) is 52.4 Å². The Balaban J connectivity index is 1.79. The molecule has 0 spiro atoms. The third-order valence-corrected chi connectivity index (χ3v) is 5.22. The van der Waals surface area contributed by atoms with Crippen molar-refractivity contribution in [3.8, 4) is 0 Å². The summed E-state index contributed by atoms with van der Waals surface area (Å²) >= 11 is 0. The third kappa shape index (κ3) is 5.76. The lowest BCUT2D eigenvalue weighted by Gasteiger charge is -2.28. The highest BCUT2D eigenvalue weighted by atomic mass is 19.1. The third-order valence-electron chi connectivity index (χ3n) is 5.22. The number of carbonyl (C=O) groups is 1. The van der Waals surface area contributed by atoms with E-state index in [1.54, 1.807) is 6.07 Å². The minimum absolute atomic E-state index is 0.0405. The number of hydrogen-bond acceptors (Lipinski definition) is 4. The van der Waals surface area contributed by atoms with E-state index in [9.17, 15) is 9.18 Å². The quantitative estimate of drug-likeness (QED) is 0.534. The molecule has 0 aliphatic carbocycles. The summed E-state index contributed by atoms with van der Waals surface area (Å²) in [4.78, 5) is 18.8. The molecule has 0 fully saturated rings. The van der Waals surface area contributed by atoms with E-state index in [4.69, 9.17) is 4.42 Å². The molecule has 0 unspecified atom stereocenters. The lowest BCUT2D eigenvalue weighted by Crippen LogP contribution is -2.32. The molecule has 3 rings (SSSR count). The number of halogens is 1. The van der Waals surface area contributed by atoms with E-state index in [2.05, 4.69) is 34.3 Å². The van der Waals surface area contributed by atoms with Gasteiger partial charge in [0.15, 0.2) is 5.69 Å². The van der Waals surface area contributed by atoms with Crippen molar-refractivity contribution in [1.29, 1.82) is 0 Å². The molecular weight excluding hydrogens is 381 g/mol. The zero-order chi connectivity index (χ0) is 21.5. The van der Waals surface area contributed by atoms with E-state index in [0.29, 0.717) is 19.0 Å². The molecule has 2 aromatic carbocycles. The second-order valence-corrected chi connectivity index (χ2v) is 7.53. The number of nitrogens with zero attached hydrogens (tertiary/aromatic N) is 2. The van der Waals surface area contributed by atoms with E-state index >= 15 is 0 Å². The molecule has 0 bridgehead atoms. The highest BCUT2D eigenvalue weighted by Crippen LogP contribution is 2.24. The van der Waals surface area contributed by atoms with Gasteiger partial charge in [0, 0.05) is 18.6 Å². The van der Waals surface area contributed by atoms with Gasteiger partial charge in [-0.05, 0) is 43.5 Å². The minimum atomic E-state index is -0.264. The van der Waals surface area contributed by atoms with Crippen molar-refractivity contribution in [2.24, 2.45) is 0 Å². The Morgan fingerprint density at radius 1 is 1.13 bits per heavy atom. The first-order chi connectivity index (χ1) is 14.5. The largest absolute Gasteiger partial charge is 0.447 e. The molecule has 0 aliphatic heterocycles. The minimum Gasteiger partial charge on any atom is -0.447 e. The maximum absolute atomic E-state index is 13.7. The standard InChI is InChI=1S/C24H28FN3O2/c1-4-17(2)26-24(29)22-16-30-23(27-22)15-28(14-19-9-8-12-21(25)13-19)18(3)20-10-6-5-7-11-20/h5-13,16-18H,4,14-15H2,1-3H3,(H,26,29)/t17-,18+/m0/s1. The number of rotatable bonds is 9. The highest BCUT2D eigenvalue weighted by molar-refractivity contribution is 5.92. The molecule has 0 saturated carbocycles. The van der Waals surface area contributed by atoms with Gasteiger partial charge in [0.1, 0.15) is 12.1 Å². The fourth-order valence-corrected chi connectivity index (χ4v) is 3.20. The fraction of sp³-hybridized carbons (Fsp3) is 0.333. The lowest BCUT2D eigenvalue weighted by molar-refractivity contribution is 0.0934. The monoisotopic (exact) mass is 409 g/mol. The number of aromatic nitrogens is 1. The van der Waals surface area contributed by atoms with E-state index < -0.39 is 0 Å². The van der Waals surface area contributed by atoms with Crippen LogP contribution in [0.15, 0.2) is 65.3 Å². The van der Waals surface area contributed by atoms with Crippen LogP contribution >= 0.6 is 0 Å². The van der Waals surface area contributed by atoms with Crippen LogP contribution in [0.4, 0.5) is 4.39 Å². The van der Waals surface area contributed by atoms with Crippen LogP contribution < -0.4 is 5.32 Å². The number of oxazole rings is 1. The zero-order valence-electron chi connectivity index (χ0n) is 17.6. The molecule has 0 saturated heterocycles. The van der Waals surface area contributed by atoms with Crippen molar-refractivity contribution in [3.63, 3.8) is 0 Å². The first-order valence-electron chi connectivity index (χ1n) is 10.2. The SMILES string of the molecule is CC[C@H](C)NC(=O)c1coc(CN(Cc2cccc(F)c2)[C@H](C)c2ccccc2)n1. The Morgan fingerprint density at radius 3 is 2.60 bits per heavy atom. The van der Waals surface area contributed by atoms with Gasteiger partial charge < -0.3 is 9.73 Å². The van der Waals surface area contributed by atoms with Gasteiger partial charge in [-0.3, -0.25) is 9.69 Å². The Kier molecular flexibility index (Phi) is 7.36.